The van der Waals surface area contributed by atoms with Gasteiger partial charge in [-0.15, -0.1) is 0 Å². The van der Waals surface area contributed by atoms with Crippen LogP contribution < -0.4 is 10.1 Å². The maximum absolute atomic E-state index is 12.7. The van der Waals surface area contributed by atoms with Crippen LogP contribution in [0.3, 0.4) is 0 Å². The number of carbonyl (C=O) groups excluding carboxylic acids is 1. The van der Waals surface area contributed by atoms with Gasteiger partial charge in [-0.1, -0.05) is 0 Å². The Morgan fingerprint density at radius 2 is 2.09 bits per heavy atom. The molecular formula is C16H21FN2O4. The number of hydrogen-bond donors (Lipinski definition) is 2. The summed E-state index contributed by atoms with van der Waals surface area (Å²) in [5.41, 5.74) is 0. The van der Waals surface area contributed by atoms with Crippen molar-refractivity contribution in [3.05, 3.63) is 30.1 Å². The van der Waals surface area contributed by atoms with Crippen LogP contribution in [0.4, 0.5) is 9.18 Å². The molecule has 1 aliphatic heterocycles. The number of nitrogens with one attached hydrogen (secondary N) is 1. The van der Waals surface area contributed by atoms with Crippen molar-refractivity contribution in [3.63, 3.8) is 0 Å². The summed E-state index contributed by atoms with van der Waals surface area (Å²) in [6.07, 6.45) is 1.93. The van der Waals surface area contributed by atoms with E-state index in [1.54, 1.807) is 17.0 Å². The van der Waals surface area contributed by atoms with Crippen LogP contribution >= 0.6 is 0 Å². The Balaban J connectivity index is 1.62. The average molecular weight is 324 g/mol. The summed E-state index contributed by atoms with van der Waals surface area (Å²) in [6, 6.07) is 5.51. The first kappa shape index (κ1) is 17.1. The van der Waals surface area contributed by atoms with Gasteiger partial charge in [0.2, 0.25) is 0 Å². The molecule has 23 heavy (non-hydrogen) atoms. The third kappa shape index (κ3) is 5.43. The van der Waals surface area contributed by atoms with Gasteiger partial charge in [-0.05, 0) is 43.5 Å². The molecule has 2 rings (SSSR count). The fourth-order valence-electron chi connectivity index (χ4n) is 2.46. The van der Waals surface area contributed by atoms with E-state index in [1.165, 1.54) is 12.1 Å². The number of benzene rings is 1. The zero-order chi connectivity index (χ0) is 16.7. The maximum Gasteiger partial charge on any atom is 0.317 e. The number of amides is 2. The summed E-state index contributed by atoms with van der Waals surface area (Å²) in [5, 5.41) is 11.8. The summed E-state index contributed by atoms with van der Waals surface area (Å²) in [7, 11) is 0. The second-order valence-electron chi connectivity index (χ2n) is 5.51. The molecule has 0 aliphatic carbocycles. The van der Waals surface area contributed by atoms with Crippen molar-refractivity contribution < 1.29 is 23.8 Å². The lowest BCUT2D eigenvalue weighted by atomic mass is 9.99. The number of carboxylic acid groups (broad SMARTS) is 1. The molecule has 0 bridgehead atoms. The number of nitrogens with zero attached hydrogens (tertiary/aromatic N) is 1. The van der Waals surface area contributed by atoms with Gasteiger partial charge >= 0.3 is 12.0 Å². The Kier molecular flexibility index (Phi) is 6.19. The summed E-state index contributed by atoms with van der Waals surface area (Å²) >= 11 is 0. The van der Waals surface area contributed by atoms with Crippen molar-refractivity contribution in [2.45, 2.75) is 19.3 Å². The Morgan fingerprint density at radius 1 is 1.35 bits per heavy atom. The largest absolute Gasteiger partial charge is 0.494 e. The minimum atomic E-state index is -0.852. The van der Waals surface area contributed by atoms with Crippen LogP contribution in [0.2, 0.25) is 0 Å². The van der Waals surface area contributed by atoms with Crippen LogP contribution in [0, 0.1) is 11.7 Å². The third-order valence-electron chi connectivity index (χ3n) is 3.74. The highest BCUT2D eigenvalue weighted by atomic mass is 19.1. The molecule has 1 heterocycles. The van der Waals surface area contributed by atoms with Crippen molar-refractivity contribution in [2.75, 3.05) is 26.2 Å². The normalized spacial score (nSPS) is 17.6. The fourth-order valence-corrected chi connectivity index (χ4v) is 2.46. The number of halogens is 1. The van der Waals surface area contributed by atoms with Gasteiger partial charge < -0.3 is 20.1 Å². The number of likely N-dealkylation sites (tertiary alicyclic amines) is 1. The molecule has 2 N–H and O–H groups in total. The molecule has 0 radical (unpaired) electrons. The van der Waals surface area contributed by atoms with Crippen LogP contribution in [0.25, 0.3) is 0 Å². The van der Waals surface area contributed by atoms with Gasteiger partial charge in [0.05, 0.1) is 12.5 Å². The predicted octanol–water partition coefficient (Wildman–Crippen LogP) is 2.10. The first-order valence-electron chi connectivity index (χ1n) is 7.70. The van der Waals surface area contributed by atoms with Gasteiger partial charge in [0, 0.05) is 19.6 Å². The lowest BCUT2D eigenvalue weighted by Gasteiger charge is -2.30. The number of hydrogen-bond acceptors (Lipinski definition) is 3. The van der Waals surface area contributed by atoms with Crippen molar-refractivity contribution >= 4 is 12.0 Å². The summed E-state index contributed by atoms with van der Waals surface area (Å²) in [4.78, 5) is 24.5. The molecule has 2 amide bonds. The van der Waals surface area contributed by atoms with E-state index in [9.17, 15) is 14.0 Å². The van der Waals surface area contributed by atoms with E-state index in [2.05, 4.69) is 5.32 Å². The molecule has 126 valence electrons. The first-order chi connectivity index (χ1) is 11.1. The number of ether oxygens (including phenoxy) is 1. The number of aliphatic carboxylic acids is 1. The lowest BCUT2D eigenvalue weighted by Crippen LogP contribution is -2.47. The van der Waals surface area contributed by atoms with Crippen molar-refractivity contribution in [1.82, 2.24) is 10.2 Å². The second-order valence-corrected chi connectivity index (χ2v) is 5.51. The van der Waals surface area contributed by atoms with E-state index in [0.29, 0.717) is 44.7 Å². The highest BCUT2D eigenvalue weighted by Crippen LogP contribution is 2.16. The van der Waals surface area contributed by atoms with Gasteiger partial charge in [-0.3, -0.25) is 4.79 Å². The fraction of sp³-hybridized carbons (Fsp3) is 0.500. The summed E-state index contributed by atoms with van der Waals surface area (Å²) < 4.78 is 18.2. The molecule has 1 unspecified atom stereocenters. The highest BCUT2D eigenvalue weighted by Gasteiger charge is 2.27. The number of carboxylic acids is 1. The van der Waals surface area contributed by atoms with E-state index < -0.39 is 11.9 Å². The lowest BCUT2D eigenvalue weighted by molar-refractivity contribution is -0.143. The van der Waals surface area contributed by atoms with Crippen LogP contribution in [0.1, 0.15) is 19.3 Å². The quantitative estimate of drug-likeness (QED) is 0.786. The van der Waals surface area contributed by atoms with E-state index in [0.717, 1.165) is 0 Å². The molecule has 1 saturated heterocycles. The van der Waals surface area contributed by atoms with E-state index in [4.69, 9.17) is 9.84 Å². The van der Waals surface area contributed by atoms with E-state index in [1.807, 2.05) is 0 Å². The molecule has 1 fully saturated rings. The molecule has 1 aromatic rings. The van der Waals surface area contributed by atoms with Crippen LogP contribution in [-0.4, -0.2) is 48.2 Å². The van der Waals surface area contributed by atoms with Gasteiger partial charge in [0.25, 0.3) is 0 Å². The highest BCUT2D eigenvalue weighted by molar-refractivity contribution is 5.76. The van der Waals surface area contributed by atoms with Crippen LogP contribution in [0.15, 0.2) is 24.3 Å². The van der Waals surface area contributed by atoms with Crippen LogP contribution in [0.5, 0.6) is 5.75 Å². The Bertz CT molecular complexity index is 535. The predicted molar refractivity (Wildman–Crippen MR) is 81.8 cm³/mol. The smallest absolute Gasteiger partial charge is 0.317 e. The Labute approximate surface area is 134 Å². The Morgan fingerprint density at radius 3 is 2.78 bits per heavy atom. The zero-order valence-corrected chi connectivity index (χ0v) is 12.8. The molecule has 1 aliphatic rings. The molecular weight excluding hydrogens is 303 g/mol. The van der Waals surface area contributed by atoms with E-state index >= 15 is 0 Å². The molecule has 6 nitrogen and oxygen atoms in total. The van der Waals surface area contributed by atoms with Gasteiger partial charge in [-0.2, -0.15) is 0 Å². The van der Waals surface area contributed by atoms with Gasteiger partial charge in [0.1, 0.15) is 11.6 Å². The monoisotopic (exact) mass is 324 g/mol. The van der Waals surface area contributed by atoms with Crippen molar-refractivity contribution in [2.24, 2.45) is 5.92 Å². The third-order valence-corrected chi connectivity index (χ3v) is 3.74. The second kappa shape index (κ2) is 8.36. The number of urea groups is 1. The first-order valence-corrected chi connectivity index (χ1v) is 7.70. The number of piperidine rings is 1. The van der Waals surface area contributed by atoms with Gasteiger partial charge in [-0.25, -0.2) is 9.18 Å². The minimum Gasteiger partial charge on any atom is -0.494 e. The van der Waals surface area contributed by atoms with Crippen molar-refractivity contribution in [1.29, 1.82) is 0 Å². The minimum absolute atomic E-state index is 0.238. The van der Waals surface area contributed by atoms with Crippen LogP contribution in [-0.2, 0) is 4.79 Å². The Hall–Kier alpha value is -2.31. The zero-order valence-electron chi connectivity index (χ0n) is 12.8. The van der Waals surface area contributed by atoms with Gasteiger partial charge in [0.15, 0.2) is 0 Å². The maximum atomic E-state index is 12.7. The average Bonchev–Trinajstić information content (AvgIpc) is 2.56. The number of carbonyl (C=O) groups is 2. The molecule has 1 aromatic carbocycles. The topological polar surface area (TPSA) is 78.9 Å². The van der Waals surface area contributed by atoms with Crippen molar-refractivity contribution in [3.8, 4) is 5.75 Å². The molecule has 0 aromatic heterocycles. The molecule has 0 spiro atoms. The standard InChI is InChI=1S/C16H21FN2O4/c17-13-4-6-14(7-5-13)23-10-2-8-18-16(22)19-9-1-3-12(11-19)15(20)21/h4-7,12H,1-3,8-11H2,(H,18,22)(H,20,21). The summed E-state index contributed by atoms with van der Waals surface area (Å²) in [6.45, 7) is 1.69. The summed E-state index contributed by atoms with van der Waals surface area (Å²) in [5.74, 6) is -1.06. The molecule has 1 atom stereocenters. The SMILES string of the molecule is O=C(O)C1CCCN(C(=O)NCCCOc2ccc(F)cc2)C1. The van der Waals surface area contributed by atoms with E-state index in [-0.39, 0.29) is 18.4 Å². The number of rotatable bonds is 6. The molecule has 0 saturated carbocycles. The molecule has 7 heteroatoms.